The summed E-state index contributed by atoms with van der Waals surface area (Å²) >= 11 is 5.59. The number of Topliss-reactive ketones (excluding diaryl/α,β-unsaturated/α-hetero) is 1. The third kappa shape index (κ3) is 3.29. The number of methoxy groups -OCH3 is 3. The summed E-state index contributed by atoms with van der Waals surface area (Å²) in [4.78, 5) is 12.1. The molecule has 4 nitrogen and oxygen atoms in total. The van der Waals surface area contributed by atoms with Crippen molar-refractivity contribution in [3.05, 3.63) is 17.7 Å². The first kappa shape index (κ1) is 14.6. The smallest absolute Gasteiger partial charge is 0.170 e. The molecule has 0 fully saturated rings. The fourth-order valence-electron chi connectivity index (χ4n) is 1.63. The van der Waals surface area contributed by atoms with Gasteiger partial charge in [-0.05, 0) is 6.42 Å². The number of carbonyl (C=O) groups is 1. The summed E-state index contributed by atoms with van der Waals surface area (Å²) in [5.41, 5.74) is 0.436. The Morgan fingerprint density at radius 2 is 1.67 bits per heavy atom. The van der Waals surface area contributed by atoms with Crippen LogP contribution in [0.5, 0.6) is 17.2 Å². The molecular weight excluding hydrogens is 256 g/mol. The highest BCUT2D eigenvalue weighted by Crippen LogP contribution is 2.35. The van der Waals surface area contributed by atoms with E-state index in [1.807, 2.05) is 0 Å². The van der Waals surface area contributed by atoms with E-state index in [0.29, 0.717) is 41.5 Å². The number of rotatable bonds is 7. The molecule has 0 aliphatic heterocycles. The first-order chi connectivity index (χ1) is 8.67. The minimum atomic E-state index is -0.0491. The number of halogens is 1. The molecule has 0 aliphatic rings. The molecule has 0 atom stereocenters. The largest absolute Gasteiger partial charge is 0.496 e. The van der Waals surface area contributed by atoms with Crippen molar-refractivity contribution in [3.8, 4) is 17.2 Å². The molecule has 0 saturated carbocycles. The summed E-state index contributed by atoms with van der Waals surface area (Å²) in [5.74, 6) is 1.88. The molecule has 1 aromatic carbocycles. The van der Waals surface area contributed by atoms with Gasteiger partial charge in [0, 0.05) is 24.4 Å². The number of hydrogen-bond donors (Lipinski definition) is 0. The predicted octanol–water partition coefficient (Wildman–Crippen LogP) is 2.91. The molecule has 1 aromatic rings. The van der Waals surface area contributed by atoms with Gasteiger partial charge in [-0.1, -0.05) is 0 Å². The maximum atomic E-state index is 12.1. The van der Waals surface area contributed by atoms with E-state index >= 15 is 0 Å². The number of carbonyl (C=O) groups excluding carboxylic acids is 1. The minimum absolute atomic E-state index is 0.0491. The van der Waals surface area contributed by atoms with Crippen LogP contribution in [0, 0.1) is 0 Å². The van der Waals surface area contributed by atoms with Gasteiger partial charge in [0.1, 0.15) is 22.8 Å². The Morgan fingerprint density at radius 3 is 2.06 bits per heavy atom. The molecule has 1 rings (SSSR count). The second kappa shape index (κ2) is 7.11. The summed E-state index contributed by atoms with van der Waals surface area (Å²) in [6.07, 6.45) is 0.987. The SMILES string of the molecule is COc1cc(OC)c(C(=O)CCCCl)c(OC)c1. The number of alkyl halides is 1. The van der Waals surface area contributed by atoms with Crippen LogP contribution in [0.1, 0.15) is 23.2 Å². The Balaban J connectivity index is 3.18. The topological polar surface area (TPSA) is 44.8 Å². The summed E-state index contributed by atoms with van der Waals surface area (Å²) in [6.45, 7) is 0. The van der Waals surface area contributed by atoms with Gasteiger partial charge in [0.15, 0.2) is 5.78 Å². The van der Waals surface area contributed by atoms with E-state index in [0.717, 1.165) is 0 Å². The van der Waals surface area contributed by atoms with Crippen LogP contribution in [0.2, 0.25) is 0 Å². The molecule has 0 bridgehead atoms. The maximum Gasteiger partial charge on any atom is 0.170 e. The summed E-state index contributed by atoms with van der Waals surface area (Å²) in [5, 5.41) is 0. The van der Waals surface area contributed by atoms with Crippen molar-refractivity contribution < 1.29 is 19.0 Å². The Kier molecular flexibility index (Phi) is 5.78. The van der Waals surface area contributed by atoms with E-state index in [-0.39, 0.29) is 5.78 Å². The Morgan fingerprint density at radius 1 is 1.11 bits per heavy atom. The molecule has 0 unspecified atom stereocenters. The van der Waals surface area contributed by atoms with E-state index in [2.05, 4.69) is 0 Å². The van der Waals surface area contributed by atoms with Crippen LogP contribution in [0.3, 0.4) is 0 Å². The highest BCUT2D eigenvalue weighted by molar-refractivity contribution is 6.18. The number of hydrogen-bond acceptors (Lipinski definition) is 4. The Bertz CT molecular complexity index is 392. The van der Waals surface area contributed by atoms with Gasteiger partial charge in [0.2, 0.25) is 0 Å². The zero-order valence-electron chi connectivity index (χ0n) is 10.8. The zero-order chi connectivity index (χ0) is 13.5. The highest BCUT2D eigenvalue weighted by atomic mass is 35.5. The van der Waals surface area contributed by atoms with Crippen molar-refractivity contribution in [1.29, 1.82) is 0 Å². The lowest BCUT2D eigenvalue weighted by molar-refractivity contribution is 0.0975. The molecule has 0 aromatic heterocycles. The molecule has 0 saturated heterocycles. The van der Waals surface area contributed by atoms with Gasteiger partial charge in [-0.25, -0.2) is 0 Å². The van der Waals surface area contributed by atoms with Crippen molar-refractivity contribution in [2.75, 3.05) is 27.2 Å². The van der Waals surface area contributed by atoms with Crippen LogP contribution < -0.4 is 14.2 Å². The monoisotopic (exact) mass is 272 g/mol. The van der Waals surface area contributed by atoms with Crippen LogP contribution in [-0.4, -0.2) is 33.0 Å². The van der Waals surface area contributed by atoms with Crippen molar-refractivity contribution >= 4 is 17.4 Å². The van der Waals surface area contributed by atoms with Crippen molar-refractivity contribution in [2.45, 2.75) is 12.8 Å². The third-order valence-corrected chi connectivity index (χ3v) is 2.80. The molecule has 0 amide bonds. The molecule has 0 aliphatic carbocycles. The third-order valence-electron chi connectivity index (χ3n) is 2.53. The van der Waals surface area contributed by atoms with Crippen LogP contribution in [0.25, 0.3) is 0 Å². The van der Waals surface area contributed by atoms with Gasteiger partial charge >= 0.3 is 0 Å². The number of ether oxygens (including phenoxy) is 3. The average Bonchev–Trinajstić information content (AvgIpc) is 2.42. The highest BCUT2D eigenvalue weighted by Gasteiger charge is 2.19. The van der Waals surface area contributed by atoms with E-state index in [4.69, 9.17) is 25.8 Å². The van der Waals surface area contributed by atoms with Crippen LogP contribution >= 0.6 is 11.6 Å². The van der Waals surface area contributed by atoms with Gasteiger partial charge in [-0.3, -0.25) is 4.79 Å². The minimum Gasteiger partial charge on any atom is -0.496 e. The van der Waals surface area contributed by atoms with Crippen molar-refractivity contribution in [3.63, 3.8) is 0 Å². The zero-order valence-corrected chi connectivity index (χ0v) is 11.5. The lowest BCUT2D eigenvalue weighted by Crippen LogP contribution is -2.06. The standard InChI is InChI=1S/C13H17ClO4/c1-16-9-7-11(17-2)13(12(8-9)18-3)10(15)5-4-6-14/h7-8H,4-6H2,1-3H3. The maximum absolute atomic E-state index is 12.1. The lowest BCUT2D eigenvalue weighted by atomic mass is 10.0. The van der Waals surface area contributed by atoms with Gasteiger partial charge in [0.05, 0.1) is 21.3 Å². The lowest BCUT2D eigenvalue weighted by Gasteiger charge is -2.14. The van der Waals surface area contributed by atoms with Gasteiger partial charge in [-0.15, -0.1) is 11.6 Å². The fourth-order valence-corrected chi connectivity index (χ4v) is 1.77. The van der Waals surface area contributed by atoms with Crippen LogP contribution in [0.15, 0.2) is 12.1 Å². The van der Waals surface area contributed by atoms with E-state index < -0.39 is 0 Å². The molecule has 100 valence electrons. The van der Waals surface area contributed by atoms with Gasteiger partial charge in [-0.2, -0.15) is 0 Å². The molecular formula is C13H17ClO4. The Hall–Kier alpha value is -1.42. The second-order valence-corrected chi connectivity index (χ2v) is 4.00. The van der Waals surface area contributed by atoms with Gasteiger partial charge < -0.3 is 14.2 Å². The fraction of sp³-hybridized carbons (Fsp3) is 0.462. The normalized spacial score (nSPS) is 10.0. The van der Waals surface area contributed by atoms with E-state index in [9.17, 15) is 4.79 Å². The molecule has 0 radical (unpaired) electrons. The quantitative estimate of drug-likeness (QED) is 0.565. The van der Waals surface area contributed by atoms with Gasteiger partial charge in [0.25, 0.3) is 0 Å². The summed E-state index contributed by atoms with van der Waals surface area (Å²) < 4.78 is 15.6. The van der Waals surface area contributed by atoms with Crippen LogP contribution in [0.4, 0.5) is 0 Å². The predicted molar refractivity (Wildman–Crippen MR) is 70.4 cm³/mol. The Labute approximate surface area is 112 Å². The number of ketones is 1. The van der Waals surface area contributed by atoms with Crippen LogP contribution in [-0.2, 0) is 0 Å². The molecule has 18 heavy (non-hydrogen) atoms. The first-order valence-corrected chi connectivity index (χ1v) is 6.10. The van der Waals surface area contributed by atoms with Crippen molar-refractivity contribution in [2.24, 2.45) is 0 Å². The number of benzene rings is 1. The molecule has 5 heteroatoms. The first-order valence-electron chi connectivity index (χ1n) is 5.57. The molecule has 0 heterocycles. The van der Waals surface area contributed by atoms with E-state index in [1.54, 1.807) is 19.2 Å². The second-order valence-electron chi connectivity index (χ2n) is 3.62. The summed E-state index contributed by atoms with van der Waals surface area (Å²) in [7, 11) is 4.56. The van der Waals surface area contributed by atoms with Crippen molar-refractivity contribution in [1.82, 2.24) is 0 Å². The van der Waals surface area contributed by atoms with E-state index in [1.165, 1.54) is 14.2 Å². The molecule has 0 spiro atoms. The average molecular weight is 273 g/mol. The summed E-state index contributed by atoms with van der Waals surface area (Å²) in [6, 6.07) is 3.33. The molecule has 0 N–H and O–H groups in total.